The quantitative estimate of drug-likeness (QED) is 0.375. The standard InChI is InChI=1S/C19H29FN4S.HI/c1-21-18(22-14-16-5-4-6-17(20)13-16)23-15-19(7-2-3-8-19)24-9-11-25-12-10-24;/h4-6,13H,2-3,7-12,14-15H2,1H3,(H2,21,22,23);1H. The van der Waals surface area contributed by atoms with Gasteiger partial charge in [-0.25, -0.2) is 4.39 Å². The summed E-state index contributed by atoms with van der Waals surface area (Å²) in [6.07, 6.45) is 5.18. The zero-order valence-corrected chi connectivity index (χ0v) is 18.6. The van der Waals surface area contributed by atoms with Crippen molar-refractivity contribution < 1.29 is 4.39 Å². The number of guanidine groups is 1. The first-order valence-corrected chi connectivity index (χ1v) is 10.4. The molecule has 0 spiro atoms. The Morgan fingerprint density at radius 2 is 1.96 bits per heavy atom. The van der Waals surface area contributed by atoms with Gasteiger partial charge in [0.05, 0.1) is 0 Å². The highest BCUT2D eigenvalue weighted by Gasteiger charge is 2.39. The summed E-state index contributed by atoms with van der Waals surface area (Å²) in [4.78, 5) is 7.04. The van der Waals surface area contributed by atoms with Crippen molar-refractivity contribution in [2.45, 2.75) is 37.8 Å². The van der Waals surface area contributed by atoms with Crippen LogP contribution < -0.4 is 10.6 Å². The molecule has 1 aromatic rings. The molecule has 7 heteroatoms. The van der Waals surface area contributed by atoms with Gasteiger partial charge in [-0.3, -0.25) is 9.89 Å². The van der Waals surface area contributed by atoms with Crippen molar-refractivity contribution in [2.24, 2.45) is 4.99 Å². The van der Waals surface area contributed by atoms with Crippen LogP contribution in [0.15, 0.2) is 29.3 Å². The molecule has 1 heterocycles. The topological polar surface area (TPSA) is 39.7 Å². The summed E-state index contributed by atoms with van der Waals surface area (Å²) in [5.74, 6) is 3.08. The normalized spacial score (nSPS) is 20.5. The van der Waals surface area contributed by atoms with Crippen LogP contribution in [0.2, 0.25) is 0 Å². The molecule has 4 nitrogen and oxygen atoms in total. The minimum absolute atomic E-state index is 0. The molecule has 0 radical (unpaired) electrons. The van der Waals surface area contributed by atoms with E-state index >= 15 is 0 Å². The van der Waals surface area contributed by atoms with E-state index in [-0.39, 0.29) is 35.3 Å². The molecule has 146 valence electrons. The van der Waals surface area contributed by atoms with Crippen LogP contribution in [0.3, 0.4) is 0 Å². The van der Waals surface area contributed by atoms with Crippen molar-refractivity contribution in [2.75, 3.05) is 38.2 Å². The van der Waals surface area contributed by atoms with E-state index < -0.39 is 0 Å². The first-order valence-electron chi connectivity index (χ1n) is 9.24. The van der Waals surface area contributed by atoms with Crippen LogP contribution in [0.1, 0.15) is 31.2 Å². The van der Waals surface area contributed by atoms with Crippen LogP contribution in [-0.2, 0) is 6.54 Å². The number of nitrogens with zero attached hydrogens (tertiary/aromatic N) is 2. The molecular formula is C19H30FIN4S. The summed E-state index contributed by atoms with van der Waals surface area (Å²) < 4.78 is 13.3. The Labute approximate surface area is 177 Å². The summed E-state index contributed by atoms with van der Waals surface area (Å²) in [6.45, 7) is 3.90. The second kappa shape index (κ2) is 10.7. The minimum Gasteiger partial charge on any atom is -0.355 e. The van der Waals surface area contributed by atoms with Gasteiger partial charge in [0, 0.05) is 50.3 Å². The van der Waals surface area contributed by atoms with Gasteiger partial charge >= 0.3 is 0 Å². The molecule has 0 atom stereocenters. The van der Waals surface area contributed by atoms with Crippen molar-refractivity contribution in [1.29, 1.82) is 0 Å². The maximum absolute atomic E-state index is 13.3. The van der Waals surface area contributed by atoms with E-state index in [4.69, 9.17) is 0 Å². The van der Waals surface area contributed by atoms with E-state index in [9.17, 15) is 4.39 Å². The van der Waals surface area contributed by atoms with Crippen molar-refractivity contribution in [3.05, 3.63) is 35.6 Å². The lowest BCUT2D eigenvalue weighted by atomic mass is 9.94. The lowest BCUT2D eigenvalue weighted by Crippen LogP contribution is -2.57. The van der Waals surface area contributed by atoms with Crippen LogP contribution in [0.4, 0.5) is 4.39 Å². The van der Waals surface area contributed by atoms with Crippen molar-refractivity contribution in [3.8, 4) is 0 Å². The van der Waals surface area contributed by atoms with Gasteiger partial charge in [-0.2, -0.15) is 11.8 Å². The monoisotopic (exact) mass is 492 g/mol. The van der Waals surface area contributed by atoms with Gasteiger partial charge in [-0.1, -0.05) is 25.0 Å². The highest BCUT2D eigenvalue weighted by atomic mass is 127. The first kappa shape index (κ1) is 21.8. The molecule has 2 N–H and O–H groups in total. The maximum atomic E-state index is 13.3. The number of halogens is 2. The number of nitrogens with one attached hydrogen (secondary N) is 2. The second-order valence-corrected chi connectivity index (χ2v) is 8.16. The Balaban J connectivity index is 0.00000243. The third-order valence-electron chi connectivity index (χ3n) is 5.37. The Morgan fingerprint density at radius 1 is 1.23 bits per heavy atom. The Kier molecular flexibility index (Phi) is 8.96. The van der Waals surface area contributed by atoms with Gasteiger partial charge in [-0.15, -0.1) is 24.0 Å². The molecule has 0 amide bonds. The smallest absolute Gasteiger partial charge is 0.191 e. The molecule has 0 bridgehead atoms. The molecular weight excluding hydrogens is 462 g/mol. The number of hydrogen-bond acceptors (Lipinski definition) is 3. The molecule has 3 rings (SSSR count). The average molecular weight is 492 g/mol. The van der Waals surface area contributed by atoms with E-state index in [0.29, 0.717) is 6.54 Å². The number of hydrogen-bond donors (Lipinski definition) is 2. The van der Waals surface area contributed by atoms with Crippen molar-refractivity contribution in [3.63, 3.8) is 0 Å². The molecule has 2 fully saturated rings. The lowest BCUT2D eigenvalue weighted by molar-refractivity contribution is 0.107. The molecule has 0 aromatic heterocycles. The second-order valence-electron chi connectivity index (χ2n) is 6.94. The van der Waals surface area contributed by atoms with E-state index in [1.165, 1.54) is 56.3 Å². The van der Waals surface area contributed by atoms with Crippen molar-refractivity contribution >= 4 is 41.7 Å². The summed E-state index contributed by atoms with van der Waals surface area (Å²) in [6, 6.07) is 6.69. The van der Waals surface area contributed by atoms with Crippen LogP contribution in [0, 0.1) is 5.82 Å². The SMILES string of the molecule is CN=C(NCc1cccc(F)c1)NCC1(N2CCSCC2)CCCC1.I. The zero-order valence-electron chi connectivity index (χ0n) is 15.5. The fraction of sp³-hybridized carbons (Fsp3) is 0.632. The van der Waals surface area contributed by atoms with Crippen LogP contribution in [-0.4, -0.2) is 54.6 Å². The van der Waals surface area contributed by atoms with Gasteiger partial charge in [0.1, 0.15) is 5.82 Å². The molecule has 1 saturated heterocycles. The summed E-state index contributed by atoms with van der Waals surface area (Å²) in [5.41, 5.74) is 1.20. The molecule has 0 unspecified atom stereocenters. The van der Waals surface area contributed by atoms with Crippen molar-refractivity contribution in [1.82, 2.24) is 15.5 Å². The Morgan fingerprint density at radius 3 is 2.62 bits per heavy atom. The van der Waals surface area contributed by atoms with E-state index in [0.717, 1.165) is 18.1 Å². The van der Waals surface area contributed by atoms with E-state index in [2.05, 4.69) is 32.3 Å². The number of rotatable bonds is 5. The number of aliphatic imine (C=N–C) groups is 1. The van der Waals surface area contributed by atoms with Crippen LogP contribution in [0.5, 0.6) is 0 Å². The Bertz CT molecular complexity index is 587. The predicted molar refractivity (Wildman–Crippen MR) is 120 cm³/mol. The van der Waals surface area contributed by atoms with Gasteiger partial charge < -0.3 is 10.6 Å². The predicted octanol–water partition coefficient (Wildman–Crippen LogP) is 3.47. The Hall–Kier alpha value is -0.540. The molecule has 1 aliphatic heterocycles. The van der Waals surface area contributed by atoms with Gasteiger partial charge in [0.25, 0.3) is 0 Å². The van der Waals surface area contributed by atoms with E-state index in [1.54, 1.807) is 19.2 Å². The largest absolute Gasteiger partial charge is 0.355 e. The fourth-order valence-electron chi connectivity index (χ4n) is 3.98. The molecule has 1 aromatic carbocycles. The fourth-order valence-corrected chi connectivity index (χ4v) is 4.88. The van der Waals surface area contributed by atoms with Gasteiger partial charge in [0.15, 0.2) is 5.96 Å². The van der Waals surface area contributed by atoms with Gasteiger partial charge in [0.2, 0.25) is 0 Å². The number of benzene rings is 1. The van der Waals surface area contributed by atoms with Crippen LogP contribution >= 0.6 is 35.7 Å². The summed E-state index contributed by atoms with van der Waals surface area (Å²) in [5, 5.41) is 6.84. The lowest BCUT2D eigenvalue weighted by Gasteiger charge is -2.43. The average Bonchev–Trinajstić information content (AvgIpc) is 3.13. The summed E-state index contributed by atoms with van der Waals surface area (Å²) in [7, 11) is 1.79. The van der Waals surface area contributed by atoms with E-state index in [1.807, 2.05) is 6.07 Å². The van der Waals surface area contributed by atoms with Gasteiger partial charge in [-0.05, 0) is 30.5 Å². The highest BCUT2D eigenvalue weighted by molar-refractivity contribution is 14.0. The third kappa shape index (κ3) is 5.73. The molecule has 2 aliphatic rings. The molecule has 26 heavy (non-hydrogen) atoms. The molecule has 1 aliphatic carbocycles. The first-order chi connectivity index (χ1) is 12.2. The minimum atomic E-state index is -0.199. The highest BCUT2D eigenvalue weighted by Crippen LogP contribution is 2.36. The summed E-state index contributed by atoms with van der Waals surface area (Å²) >= 11 is 2.06. The third-order valence-corrected chi connectivity index (χ3v) is 6.32. The number of thioether (sulfide) groups is 1. The van der Waals surface area contributed by atoms with Crippen LogP contribution in [0.25, 0.3) is 0 Å². The molecule has 1 saturated carbocycles. The maximum Gasteiger partial charge on any atom is 0.191 e. The zero-order chi connectivity index (χ0) is 17.5.